The minimum Gasteiger partial charge on any atom is -0.383 e. The summed E-state index contributed by atoms with van der Waals surface area (Å²) in [4.78, 5) is 20.8. The largest absolute Gasteiger partial charge is 0.383 e. The van der Waals surface area contributed by atoms with Crippen molar-refractivity contribution in [1.29, 1.82) is 0 Å². The molecule has 0 spiro atoms. The Hall–Kier alpha value is -1.95. The number of rotatable bonds is 3. The summed E-state index contributed by atoms with van der Waals surface area (Å²) in [5.41, 5.74) is 6.01. The highest BCUT2D eigenvalue weighted by molar-refractivity contribution is 7.11. The molecule has 0 aliphatic carbocycles. The van der Waals surface area contributed by atoms with Crippen LogP contribution >= 0.6 is 11.3 Å². The fraction of sp³-hybridized carbons (Fsp3) is 0.182. The maximum atomic E-state index is 11.8. The molecule has 2 aromatic heterocycles. The van der Waals surface area contributed by atoms with E-state index in [2.05, 4.69) is 15.3 Å². The van der Waals surface area contributed by atoms with Gasteiger partial charge in [0.25, 0.3) is 5.91 Å². The van der Waals surface area contributed by atoms with Gasteiger partial charge in [0.05, 0.1) is 17.1 Å². The van der Waals surface area contributed by atoms with E-state index in [4.69, 9.17) is 5.73 Å². The summed E-state index contributed by atoms with van der Waals surface area (Å²) < 4.78 is 0. The molecule has 0 bridgehead atoms. The summed E-state index contributed by atoms with van der Waals surface area (Å²) in [6.07, 6.45) is 3.31. The lowest BCUT2D eigenvalue weighted by atomic mass is 10.2. The fourth-order valence-corrected chi connectivity index (χ4v) is 2.09. The van der Waals surface area contributed by atoms with Gasteiger partial charge in [-0.05, 0) is 19.1 Å². The maximum absolute atomic E-state index is 11.8. The molecule has 0 saturated heterocycles. The molecule has 6 heteroatoms. The van der Waals surface area contributed by atoms with Crippen LogP contribution in [0.25, 0.3) is 0 Å². The lowest BCUT2D eigenvalue weighted by Gasteiger charge is -2.04. The van der Waals surface area contributed by atoms with Gasteiger partial charge in [-0.25, -0.2) is 9.97 Å². The lowest BCUT2D eigenvalue weighted by Crippen LogP contribution is -2.23. The monoisotopic (exact) mass is 248 g/mol. The minimum atomic E-state index is -0.221. The van der Waals surface area contributed by atoms with E-state index in [1.54, 1.807) is 35.9 Å². The van der Waals surface area contributed by atoms with Gasteiger partial charge in [-0.3, -0.25) is 4.79 Å². The predicted octanol–water partition coefficient (Wildman–Crippen LogP) is 1.36. The van der Waals surface area contributed by atoms with Gasteiger partial charge in [-0.1, -0.05) is 0 Å². The van der Waals surface area contributed by atoms with Gasteiger partial charge >= 0.3 is 0 Å². The SMILES string of the molecule is Cc1ncc(CNC(=O)c2cccnc2N)s1. The van der Waals surface area contributed by atoms with Crippen molar-refractivity contribution in [3.8, 4) is 0 Å². The summed E-state index contributed by atoms with van der Waals surface area (Å²) in [7, 11) is 0. The van der Waals surface area contributed by atoms with Crippen LogP contribution in [0.3, 0.4) is 0 Å². The first-order valence-corrected chi connectivity index (χ1v) is 5.88. The van der Waals surface area contributed by atoms with E-state index >= 15 is 0 Å². The number of thiazole rings is 1. The number of nitrogens with two attached hydrogens (primary N) is 1. The highest BCUT2D eigenvalue weighted by atomic mass is 32.1. The Balaban J connectivity index is 2.01. The Bertz CT molecular complexity index is 538. The second-order valence-electron chi connectivity index (χ2n) is 3.46. The molecule has 0 fully saturated rings. The third kappa shape index (κ3) is 2.79. The van der Waals surface area contributed by atoms with Crippen LogP contribution in [0.5, 0.6) is 0 Å². The van der Waals surface area contributed by atoms with Crippen molar-refractivity contribution in [3.63, 3.8) is 0 Å². The molecule has 2 heterocycles. The molecule has 0 radical (unpaired) electrons. The van der Waals surface area contributed by atoms with Crippen molar-refractivity contribution in [2.75, 3.05) is 5.73 Å². The van der Waals surface area contributed by atoms with Gasteiger partial charge in [0.15, 0.2) is 0 Å². The normalized spacial score (nSPS) is 10.2. The molecule has 0 unspecified atom stereocenters. The average Bonchev–Trinajstić information content (AvgIpc) is 2.73. The maximum Gasteiger partial charge on any atom is 0.255 e. The lowest BCUT2D eigenvalue weighted by molar-refractivity contribution is 0.0952. The highest BCUT2D eigenvalue weighted by Gasteiger charge is 2.09. The molecule has 1 amide bonds. The summed E-state index contributed by atoms with van der Waals surface area (Å²) in [5, 5.41) is 3.76. The molecule has 3 N–H and O–H groups in total. The summed E-state index contributed by atoms with van der Waals surface area (Å²) in [6.45, 7) is 2.38. The van der Waals surface area contributed by atoms with Crippen LogP contribution in [0.4, 0.5) is 5.82 Å². The zero-order chi connectivity index (χ0) is 12.3. The number of nitrogen functional groups attached to an aromatic ring is 1. The van der Waals surface area contributed by atoms with E-state index in [9.17, 15) is 4.79 Å². The van der Waals surface area contributed by atoms with Crippen LogP contribution < -0.4 is 11.1 Å². The zero-order valence-corrected chi connectivity index (χ0v) is 10.1. The number of anilines is 1. The first kappa shape index (κ1) is 11.5. The van der Waals surface area contributed by atoms with E-state index in [0.717, 1.165) is 9.88 Å². The second-order valence-corrected chi connectivity index (χ2v) is 4.78. The zero-order valence-electron chi connectivity index (χ0n) is 9.30. The molecule has 0 aliphatic heterocycles. The van der Waals surface area contributed by atoms with Crippen LogP contribution in [0, 0.1) is 6.92 Å². The number of nitrogens with one attached hydrogen (secondary N) is 1. The number of nitrogens with zero attached hydrogens (tertiary/aromatic N) is 2. The molecule has 17 heavy (non-hydrogen) atoms. The first-order valence-electron chi connectivity index (χ1n) is 5.07. The van der Waals surface area contributed by atoms with Gasteiger partial charge in [-0.2, -0.15) is 0 Å². The Morgan fingerprint density at radius 3 is 3.00 bits per heavy atom. The molecule has 0 saturated carbocycles. The Labute approximate surface area is 103 Å². The van der Waals surface area contributed by atoms with Crippen molar-refractivity contribution in [2.24, 2.45) is 0 Å². The van der Waals surface area contributed by atoms with Crippen LogP contribution in [-0.4, -0.2) is 15.9 Å². The molecule has 2 aromatic rings. The number of hydrogen-bond acceptors (Lipinski definition) is 5. The fourth-order valence-electron chi connectivity index (χ4n) is 1.36. The van der Waals surface area contributed by atoms with E-state index < -0.39 is 0 Å². The van der Waals surface area contributed by atoms with Gasteiger partial charge in [-0.15, -0.1) is 11.3 Å². The third-order valence-electron chi connectivity index (χ3n) is 2.18. The quantitative estimate of drug-likeness (QED) is 0.859. The summed E-state index contributed by atoms with van der Waals surface area (Å²) in [5.74, 6) is 0.0205. The number of carbonyl (C=O) groups excluding carboxylic acids is 1. The Morgan fingerprint density at radius 1 is 1.53 bits per heavy atom. The number of aryl methyl sites for hydroxylation is 1. The van der Waals surface area contributed by atoms with Crippen molar-refractivity contribution in [1.82, 2.24) is 15.3 Å². The molecule has 0 aromatic carbocycles. The molecule has 0 atom stereocenters. The van der Waals surface area contributed by atoms with Crippen molar-refractivity contribution < 1.29 is 4.79 Å². The number of pyridine rings is 1. The molecule has 5 nitrogen and oxygen atoms in total. The average molecular weight is 248 g/mol. The number of hydrogen-bond donors (Lipinski definition) is 2. The molecule has 2 rings (SSSR count). The number of carbonyl (C=O) groups is 1. The van der Waals surface area contributed by atoms with Crippen molar-refractivity contribution in [3.05, 3.63) is 40.0 Å². The molecule has 88 valence electrons. The van der Waals surface area contributed by atoms with Gasteiger partial charge in [0.2, 0.25) is 0 Å². The Morgan fingerprint density at radius 2 is 2.35 bits per heavy atom. The third-order valence-corrected chi connectivity index (χ3v) is 3.09. The summed E-state index contributed by atoms with van der Waals surface area (Å²) in [6, 6.07) is 3.33. The van der Waals surface area contributed by atoms with E-state index in [1.165, 1.54) is 0 Å². The molecule has 0 aliphatic rings. The smallest absolute Gasteiger partial charge is 0.255 e. The Kier molecular flexibility index (Phi) is 3.34. The number of aromatic nitrogens is 2. The van der Waals surface area contributed by atoms with E-state index in [-0.39, 0.29) is 11.7 Å². The van der Waals surface area contributed by atoms with Gasteiger partial charge < -0.3 is 11.1 Å². The molecular formula is C11H12N4OS. The van der Waals surface area contributed by atoms with Crippen LogP contribution in [0.2, 0.25) is 0 Å². The number of amides is 1. The van der Waals surface area contributed by atoms with Crippen LogP contribution in [-0.2, 0) is 6.54 Å². The predicted molar refractivity (Wildman–Crippen MR) is 66.7 cm³/mol. The van der Waals surface area contributed by atoms with Crippen molar-refractivity contribution in [2.45, 2.75) is 13.5 Å². The van der Waals surface area contributed by atoms with E-state index in [0.29, 0.717) is 12.1 Å². The van der Waals surface area contributed by atoms with Crippen LogP contribution in [0.1, 0.15) is 20.2 Å². The van der Waals surface area contributed by atoms with Gasteiger partial charge in [0, 0.05) is 17.3 Å². The standard InChI is InChI=1S/C11H12N4OS/c1-7-14-5-8(17-7)6-15-11(16)9-3-2-4-13-10(9)12/h2-5H,6H2,1H3,(H2,12,13)(H,15,16). The van der Waals surface area contributed by atoms with E-state index in [1.807, 2.05) is 6.92 Å². The van der Waals surface area contributed by atoms with Gasteiger partial charge in [0.1, 0.15) is 5.82 Å². The van der Waals surface area contributed by atoms with Crippen molar-refractivity contribution >= 4 is 23.1 Å². The minimum absolute atomic E-state index is 0.221. The topological polar surface area (TPSA) is 80.9 Å². The van der Waals surface area contributed by atoms with Crippen LogP contribution in [0.15, 0.2) is 24.5 Å². The molecular weight excluding hydrogens is 236 g/mol. The first-order chi connectivity index (χ1) is 8.16. The summed E-state index contributed by atoms with van der Waals surface area (Å²) >= 11 is 1.56. The second kappa shape index (κ2) is 4.92. The highest BCUT2D eigenvalue weighted by Crippen LogP contribution is 2.12.